The van der Waals surface area contributed by atoms with Crippen LogP contribution in [0.4, 0.5) is 0 Å². The summed E-state index contributed by atoms with van der Waals surface area (Å²) in [6.07, 6.45) is 5.68. The molecule has 3 aliphatic rings. The quantitative estimate of drug-likeness (QED) is 0.403. The van der Waals surface area contributed by atoms with E-state index >= 15 is 0 Å². The van der Waals surface area contributed by atoms with Gasteiger partial charge in [-0.2, -0.15) is 0 Å². The van der Waals surface area contributed by atoms with E-state index in [4.69, 9.17) is 19.4 Å². The van der Waals surface area contributed by atoms with Gasteiger partial charge in [-0.3, -0.25) is 9.59 Å². The molecule has 40 heavy (non-hydrogen) atoms. The number of aldehydes is 1. The number of phenols is 1. The third kappa shape index (κ3) is 5.65. The first-order valence-electron chi connectivity index (χ1n) is 14.5. The predicted molar refractivity (Wildman–Crippen MR) is 149 cm³/mol. The van der Waals surface area contributed by atoms with Gasteiger partial charge in [-0.25, -0.2) is 9.97 Å². The zero-order chi connectivity index (χ0) is 28.8. The average molecular weight is 552 g/mol. The van der Waals surface area contributed by atoms with Crippen molar-refractivity contribution in [2.24, 2.45) is 23.2 Å². The zero-order valence-corrected chi connectivity index (χ0v) is 24.2. The van der Waals surface area contributed by atoms with Gasteiger partial charge < -0.3 is 24.3 Å². The molecule has 2 bridgehead atoms. The minimum atomic E-state index is -0.688. The van der Waals surface area contributed by atoms with E-state index in [0.717, 1.165) is 44.1 Å². The van der Waals surface area contributed by atoms with Crippen molar-refractivity contribution in [3.8, 4) is 11.6 Å². The Hall–Kier alpha value is -3.23. The average Bonchev–Trinajstić information content (AvgIpc) is 3.40. The number of carbonyl (C=O) groups is 3. The number of hydrogen-bond donors (Lipinski definition) is 1. The summed E-state index contributed by atoms with van der Waals surface area (Å²) >= 11 is 0. The van der Waals surface area contributed by atoms with E-state index < -0.39 is 29.1 Å². The summed E-state index contributed by atoms with van der Waals surface area (Å²) in [4.78, 5) is 50.5. The Morgan fingerprint density at radius 2 is 1.90 bits per heavy atom. The maximum Gasteiger partial charge on any atom is 0.307 e. The number of aryl methyl sites for hydroxylation is 1. The summed E-state index contributed by atoms with van der Waals surface area (Å²) in [5, 5.41) is 10.0. The van der Waals surface area contributed by atoms with Gasteiger partial charge in [0, 0.05) is 17.9 Å². The number of benzene rings is 1. The van der Waals surface area contributed by atoms with Crippen molar-refractivity contribution in [2.75, 3.05) is 6.54 Å². The predicted octanol–water partition coefficient (Wildman–Crippen LogP) is 4.62. The summed E-state index contributed by atoms with van der Waals surface area (Å²) < 4.78 is 12.4. The molecule has 9 nitrogen and oxygen atoms in total. The maximum absolute atomic E-state index is 14.0. The molecular weight excluding hydrogens is 510 g/mol. The number of aromatic nitrogens is 2. The second-order valence-corrected chi connectivity index (χ2v) is 13.2. The summed E-state index contributed by atoms with van der Waals surface area (Å²) in [5.74, 6) is -0.752. The smallest absolute Gasteiger partial charge is 0.307 e. The first-order valence-corrected chi connectivity index (χ1v) is 14.5. The van der Waals surface area contributed by atoms with Crippen LogP contribution in [-0.2, 0) is 25.5 Å². The first-order chi connectivity index (χ1) is 18.9. The second-order valence-electron chi connectivity index (χ2n) is 13.2. The second kappa shape index (κ2) is 10.6. The van der Waals surface area contributed by atoms with Gasteiger partial charge in [-0.05, 0) is 50.2 Å². The number of rotatable bonds is 1. The molecule has 0 radical (unpaired) electrons. The molecule has 1 aliphatic carbocycles. The van der Waals surface area contributed by atoms with Crippen LogP contribution in [0.5, 0.6) is 11.6 Å². The molecule has 1 N–H and O–H groups in total. The molecule has 3 heterocycles. The number of nitrogens with zero attached hydrogens (tertiary/aromatic N) is 3. The van der Waals surface area contributed by atoms with Crippen LogP contribution in [0.15, 0.2) is 18.2 Å². The number of ether oxygens (including phenoxy) is 2. The van der Waals surface area contributed by atoms with Gasteiger partial charge in [0.05, 0.1) is 36.0 Å². The lowest BCUT2D eigenvalue weighted by molar-refractivity contribution is -0.158. The normalized spacial score (nSPS) is 31.8. The van der Waals surface area contributed by atoms with Gasteiger partial charge >= 0.3 is 5.97 Å². The van der Waals surface area contributed by atoms with Crippen molar-refractivity contribution in [3.05, 3.63) is 23.9 Å². The van der Waals surface area contributed by atoms with Gasteiger partial charge in [0.25, 0.3) is 0 Å². The molecule has 216 valence electrons. The van der Waals surface area contributed by atoms with E-state index in [9.17, 15) is 19.5 Å². The van der Waals surface area contributed by atoms with Crippen molar-refractivity contribution >= 4 is 29.2 Å². The van der Waals surface area contributed by atoms with E-state index in [0.29, 0.717) is 29.3 Å². The largest absolute Gasteiger partial charge is 0.508 e. The summed E-state index contributed by atoms with van der Waals surface area (Å²) in [6.45, 7) is 9.89. The van der Waals surface area contributed by atoms with Crippen LogP contribution in [0.2, 0.25) is 0 Å². The molecule has 2 aliphatic heterocycles. The monoisotopic (exact) mass is 551 g/mol. The Balaban J connectivity index is 1.50. The lowest BCUT2D eigenvalue weighted by Crippen LogP contribution is -2.46. The van der Waals surface area contributed by atoms with Crippen LogP contribution in [-0.4, -0.2) is 62.4 Å². The Morgan fingerprint density at radius 3 is 2.62 bits per heavy atom. The van der Waals surface area contributed by atoms with Crippen molar-refractivity contribution in [3.63, 3.8) is 0 Å². The van der Waals surface area contributed by atoms with Crippen molar-refractivity contribution in [2.45, 2.75) is 97.3 Å². The van der Waals surface area contributed by atoms with Gasteiger partial charge in [-0.1, -0.05) is 40.5 Å². The molecule has 0 spiro atoms. The molecular formula is C31H41N3O6. The van der Waals surface area contributed by atoms with E-state index in [1.54, 1.807) is 23.1 Å². The molecule has 1 saturated carbocycles. The van der Waals surface area contributed by atoms with Crippen LogP contribution < -0.4 is 4.74 Å². The fourth-order valence-electron chi connectivity index (χ4n) is 6.28. The minimum absolute atomic E-state index is 0.0313. The lowest BCUT2D eigenvalue weighted by atomic mass is 9.77. The SMILES string of the molecule is C[C@@H]1[C@@H]2CN(C(=O)[C@H](C(C)(C)C)CC(=O)O[C@]3(C)C[C@H]3CCCCCc3nc4ccc(O)cc4nc3O2)[C@@H]1C=O. The maximum atomic E-state index is 14.0. The molecule has 9 heteroatoms. The Bertz CT molecular complexity index is 1310. The van der Waals surface area contributed by atoms with Crippen molar-refractivity contribution in [1.82, 2.24) is 14.9 Å². The highest BCUT2D eigenvalue weighted by Crippen LogP contribution is 2.50. The Kier molecular flexibility index (Phi) is 7.52. The molecule has 1 saturated heterocycles. The van der Waals surface area contributed by atoms with Gasteiger partial charge in [0.2, 0.25) is 11.8 Å². The van der Waals surface area contributed by atoms with E-state index in [1.807, 2.05) is 34.6 Å². The molecule has 5 rings (SSSR count). The van der Waals surface area contributed by atoms with Crippen molar-refractivity contribution in [1.29, 1.82) is 0 Å². The summed E-state index contributed by atoms with van der Waals surface area (Å²) in [5.41, 5.74) is 0.939. The Morgan fingerprint density at radius 1 is 1.12 bits per heavy atom. The summed E-state index contributed by atoms with van der Waals surface area (Å²) in [7, 11) is 0. The molecule has 0 unspecified atom stereocenters. The van der Waals surface area contributed by atoms with E-state index in [1.165, 1.54) is 0 Å². The number of phenolic OH excluding ortho intramolecular Hbond substituents is 1. The number of esters is 1. The van der Waals surface area contributed by atoms with Crippen LogP contribution in [0.1, 0.15) is 78.8 Å². The minimum Gasteiger partial charge on any atom is -0.508 e. The number of carbonyl (C=O) groups excluding carboxylic acids is 3. The van der Waals surface area contributed by atoms with Gasteiger partial charge in [0.1, 0.15) is 29.4 Å². The number of hydrogen-bond acceptors (Lipinski definition) is 8. The van der Waals surface area contributed by atoms with Crippen LogP contribution in [0.25, 0.3) is 11.0 Å². The number of fused-ring (bicyclic) bond motifs is 5. The first kappa shape index (κ1) is 28.3. The molecule has 2 fully saturated rings. The van der Waals surface area contributed by atoms with E-state index in [2.05, 4.69) is 0 Å². The topological polar surface area (TPSA) is 119 Å². The fourth-order valence-corrected chi connectivity index (χ4v) is 6.28. The highest BCUT2D eigenvalue weighted by molar-refractivity contribution is 5.87. The third-order valence-corrected chi connectivity index (χ3v) is 9.11. The summed E-state index contributed by atoms with van der Waals surface area (Å²) in [6, 6.07) is 4.20. The zero-order valence-electron chi connectivity index (χ0n) is 24.2. The molecule has 1 aromatic carbocycles. The van der Waals surface area contributed by atoms with E-state index in [-0.39, 0.29) is 36.5 Å². The highest BCUT2D eigenvalue weighted by atomic mass is 16.6. The standard InChI is InChI=1S/C31H41N3O6/c1-18-25(17-35)34-16-26(18)39-28-23(32-22-12-11-20(36)13-24(22)33-28)10-8-6-7-9-19-15-31(19,5)40-27(37)14-21(29(34)38)30(2,3)4/h11-13,17-19,21,25-26,36H,6-10,14-16H2,1-5H3/t18-,19+,21+,25+,26-,31+/m0/s1. The lowest BCUT2D eigenvalue weighted by Gasteiger charge is -2.34. The van der Waals surface area contributed by atoms with Crippen molar-refractivity contribution < 1.29 is 29.0 Å². The molecule has 1 amide bonds. The third-order valence-electron chi connectivity index (χ3n) is 9.11. The van der Waals surface area contributed by atoms with Crippen LogP contribution in [0, 0.1) is 23.2 Å². The van der Waals surface area contributed by atoms with Gasteiger partial charge in [0.15, 0.2) is 0 Å². The highest BCUT2D eigenvalue weighted by Gasteiger charge is 2.54. The van der Waals surface area contributed by atoms with Gasteiger partial charge in [-0.15, -0.1) is 0 Å². The fraction of sp³-hybridized carbons (Fsp3) is 0.645. The number of aromatic hydroxyl groups is 1. The number of amides is 1. The van der Waals surface area contributed by atoms with Crippen LogP contribution in [0.3, 0.4) is 0 Å². The van der Waals surface area contributed by atoms with Crippen LogP contribution >= 0.6 is 0 Å². The Labute approximate surface area is 235 Å². The molecule has 2 aromatic rings. The molecule has 6 atom stereocenters. The molecule has 1 aromatic heterocycles.